The fourth-order valence-corrected chi connectivity index (χ4v) is 6.15. The number of benzene rings is 1. The number of carbonyl (C=O) groups excluding carboxylic acids is 1. The first-order valence-corrected chi connectivity index (χ1v) is 12.1. The van der Waals surface area contributed by atoms with Gasteiger partial charge in [0.15, 0.2) is 0 Å². The molecule has 1 aliphatic heterocycles. The van der Waals surface area contributed by atoms with E-state index in [1.165, 1.54) is 12.0 Å². The fraction of sp³-hybridized carbons (Fsp3) is 0.652. The van der Waals surface area contributed by atoms with Gasteiger partial charge in [0.05, 0.1) is 18.1 Å². The summed E-state index contributed by atoms with van der Waals surface area (Å²) >= 11 is 7.20. The molecule has 2 fully saturated rings. The number of aliphatic hydroxyl groups is 1. The largest absolute Gasteiger partial charge is 0.392 e. The van der Waals surface area contributed by atoms with E-state index in [1.54, 1.807) is 11.8 Å². The average molecular weight is 420 g/mol. The van der Waals surface area contributed by atoms with Gasteiger partial charge in [-0.1, -0.05) is 87.4 Å². The van der Waals surface area contributed by atoms with Crippen LogP contribution >= 0.6 is 24.0 Å². The third kappa shape index (κ3) is 5.37. The molecule has 3 nitrogen and oxygen atoms in total. The number of hydrogen-bond donors (Lipinski definition) is 1. The second kappa shape index (κ2) is 10.2. The van der Waals surface area contributed by atoms with Gasteiger partial charge in [0.25, 0.3) is 0 Å². The summed E-state index contributed by atoms with van der Waals surface area (Å²) in [5.41, 5.74) is 1.23. The molecule has 3 atom stereocenters. The van der Waals surface area contributed by atoms with Crippen molar-refractivity contribution in [1.82, 2.24) is 4.90 Å². The molecular formula is C23H33NO2S2. The minimum atomic E-state index is -0.582. The van der Waals surface area contributed by atoms with Gasteiger partial charge in [-0.15, -0.1) is 0 Å². The monoisotopic (exact) mass is 419 g/mol. The van der Waals surface area contributed by atoms with Crippen LogP contribution in [0, 0.1) is 17.8 Å². The maximum Gasteiger partial charge on any atom is 0.234 e. The molecule has 1 amide bonds. The van der Waals surface area contributed by atoms with E-state index in [2.05, 4.69) is 26.0 Å². The van der Waals surface area contributed by atoms with Crippen LogP contribution in [0.2, 0.25) is 0 Å². The van der Waals surface area contributed by atoms with E-state index in [4.69, 9.17) is 12.2 Å². The van der Waals surface area contributed by atoms with Crippen LogP contribution < -0.4 is 0 Å². The van der Waals surface area contributed by atoms with Gasteiger partial charge < -0.3 is 5.11 Å². The topological polar surface area (TPSA) is 40.5 Å². The smallest absolute Gasteiger partial charge is 0.234 e. The molecule has 1 aliphatic carbocycles. The highest BCUT2D eigenvalue weighted by atomic mass is 32.2. The lowest BCUT2D eigenvalue weighted by atomic mass is 9.75. The van der Waals surface area contributed by atoms with Crippen molar-refractivity contribution in [3.8, 4) is 0 Å². The summed E-state index contributed by atoms with van der Waals surface area (Å²) in [6.45, 7) is 4.22. The zero-order valence-corrected chi connectivity index (χ0v) is 18.7. The molecule has 154 valence electrons. The van der Waals surface area contributed by atoms with Gasteiger partial charge in [-0.05, 0) is 43.1 Å². The van der Waals surface area contributed by atoms with Crippen molar-refractivity contribution in [2.75, 3.05) is 5.75 Å². The van der Waals surface area contributed by atoms with Crippen LogP contribution in [0.25, 0.3) is 0 Å². The zero-order valence-electron chi connectivity index (χ0n) is 17.0. The van der Waals surface area contributed by atoms with Crippen LogP contribution in [-0.2, 0) is 11.2 Å². The Kier molecular flexibility index (Phi) is 7.95. The first-order chi connectivity index (χ1) is 13.5. The second-order valence-electron chi connectivity index (χ2n) is 8.75. The molecule has 1 saturated heterocycles. The minimum Gasteiger partial charge on any atom is -0.392 e. The molecule has 0 spiro atoms. The van der Waals surface area contributed by atoms with Crippen molar-refractivity contribution < 1.29 is 9.90 Å². The van der Waals surface area contributed by atoms with Gasteiger partial charge in [-0.25, -0.2) is 0 Å². The predicted octanol–water partition coefficient (Wildman–Crippen LogP) is 5.06. The Morgan fingerprint density at radius 1 is 1.21 bits per heavy atom. The molecule has 0 bridgehead atoms. The predicted molar refractivity (Wildman–Crippen MR) is 121 cm³/mol. The summed E-state index contributed by atoms with van der Waals surface area (Å²) in [5.74, 6) is 1.24. The molecule has 1 aromatic carbocycles. The molecule has 0 aromatic heterocycles. The summed E-state index contributed by atoms with van der Waals surface area (Å²) in [5, 5.41) is 11.0. The number of hydrogen-bond acceptors (Lipinski definition) is 4. The molecule has 1 N–H and O–H groups in total. The Labute approximate surface area is 179 Å². The quantitative estimate of drug-likeness (QED) is 0.627. The van der Waals surface area contributed by atoms with E-state index in [-0.39, 0.29) is 23.8 Å². The van der Waals surface area contributed by atoms with Crippen molar-refractivity contribution in [2.45, 2.75) is 70.9 Å². The van der Waals surface area contributed by atoms with Gasteiger partial charge in [0.2, 0.25) is 5.91 Å². The summed E-state index contributed by atoms with van der Waals surface area (Å²) in [7, 11) is 0. The maximum atomic E-state index is 13.7. The van der Waals surface area contributed by atoms with Gasteiger partial charge in [0.1, 0.15) is 4.32 Å². The summed E-state index contributed by atoms with van der Waals surface area (Å²) in [6, 6.07) is 10.4. The van der Waals surface area contributed by atoms with Crippen LogP contribution in [0.4, 0.5) is 0 Å². The van der Waals surface area contributed by atoms with Gasteiger partial charge >= 0.3 is 0 Å². The number of thioether (sulfide) groups is 1. The maximum absolute atomic E-state index is 13.7. The lowest BCUT2D eigenvalue weighted by Gasteiger charge is -2.37. The average Bonchev–Trinajstić information content (AvgIpc) is 3.03. The van der Waals surface area contributed by atoms with E-state index < -0.39 is 6.10 Å². The molecule has 0 radical (unpaired) electrons. The van der Waals surface area contributed by atoms with E-state index in [0.29, 0.717) is 16.7 Å². The summed E-state index contributed by atoms with van der Waals surface area (Å²) in [4.78, 5) is 15.6. The molecule has 1 aromatic rings. The Hall–Kier alpha value is -0.910. The molecular weight excluding hydrogens is 386 g/mol. The van der Waals surface area contributed by atoms with Crippen LogP contribution in [-0.4, -0.2) is 38.1 Å². The van der Waals surface area contributed by atoms with Crippen molar-refractivity contribution >= 4 is 34.2 Å². The Morgan fingerprint density at radius 3 is 2.54 bits per heavy atom. The molecule has 1 heterocycles. The van der Waals surface area contributed by atoms with Gasteiger partial charge in [0, 0.05) is 5.75 Å². The zero-order chi connectivity index (χ0) is 20.1. The number of amides is 1. The highest BCUT2D eigenvalue weighted by molar-refractivity contribution is 8.23. The normalized spacial score (nSPS) is 23.2. The Morgan fingerprint density at radius 2 is 1.89 bits per heavy atom. The van der Waals surface area contributed by atoms with E-state index in [1.807, 2.05) is 23.1 Å². The Bertz CT molecular complexity index is 658. The Balaban J connectivity index is 1.81. The van der Waals surface area contributed by atoms with Crippen molar-refractivity contribution in [2.24, 2.45) is 17.8 Å². The molecule has 3 rings (SSSR count). The van der Waals surface area contributed by atoms with Crippen molar-refractivity contribution in [3.05, 3.63) is 35.9 Å². The summed E-state index contributed by atoms with van der Waals surface area (Å²) < 4.78 is 0.684. The lowest BCUT2D eigenvalue weighted by Crippen LogP contribution is -2.49. The van der Waals surface area contributed by atoms with Crippen molar-refractivity contribution in [1.29, 1.82) is 0 Å². The number of carbonyl (C=O) groups is 1. The third-order valence-electron chi connectivity index (χ3n) is 6.08. The first-order valence-electron chi connectivity index (χ1n) is 10.7. The van der Waals surface area contributed by atoms with Gasteiger partial charge in [-0.2, -0.15) is 0 Å². The number of nitrogens with zero attached hydrogens (tertiary/aromatic N) is 1. The minimum absolute atomic E-state index is 0.0657. The SMILES string of the molecule is CC(C)C[C@@H](O)[C@@H](C(=O)N1C(=S)SC[C@@H]1Cc1ccccc1)C1CCCCC1. The molecule has 2 aliphatic rings. The number of rotatable bonds is 7. The van der Waals surface area contributed by atoms with Crippen LogP contribution in [0.3, 0.4) is 0 Å². The number of aliphatic hydroxyl groups excluding tert-OH is 1. The standard InChI is InChI=1S/C23H33NO2S2/c1-16(2)13-20(25)21(18-11-7-4-8-12-18)22(26)24-19(15-28-23(24)27)14-17-9-5-3-6-10-17/h3,5-6,9-10,16,18-21,25H,4,7-8,11-15H2,1-2H3/t19-,20+,21-/m0/s1. The fourth-order valence-electron chi connectivity index (χ4n) is 4.73. The van der Waals surface area contributed by atoms with E-state index in [0.717, 1.165) is 37.9 Å². The van der Waals surface area contributed by atoms with Crippen LogP contribution in [0.1, 0.15) is 57.9 Å². The molecule has 1 saturated carbocycles. The van der Waals surface area contributed by atoms with Crippen LogP contribution in [0.5, 0.6) is 0 Å². The molecule has 28 heavy (non-hydrogen) atoms. The first kappa shape index (κ1) is 21.8. The lowest BCUT2D eigenvalue weighted by molar-refractivity contribution is -0.140. The highest BCUT2D eigenvalue weighted by Crippen LogP contribution is 2.37. The molecule has 5 heteroatoms. The van der Waals surface area contributed by atoms with Crippen molar-refractivity contribution in [3.63, 3.8) is 0 Å². The van der Waals surface area contributed by atoms with Gasteiger partial charge in [-0.3, -0.25) is 9.69 Å². The number of thiocarbonyl (C=S) groups is 1. The highest BCUT2D eigenvalue weighted by Gasteiger charge is 2.43. The molecule has 0 unspecified atom stereocenters. The summed E-state index contributed by atoms with van der Waals surface area (Å²) in [6.07, 6.45) is 6.56. The third-order valence-corrected chi connectivity index (χ3v) is 7.63. The second-order valence-corrected chi connectivity index (χ2v) is 10.4. The van der Waals surface area contributed by atoms with Crippen LogP contribution in [0.15, 0.2) is 30.3 Å². The van der Waals surface area contributed by atoms with E-state index >= 15 is 0 Å². The van der Waals surface area contributed by atoms with E-state index in [9.17, 15) is 9.90 Å².